The second-order valence-electron chi connectivity index (χ2n) is 10.5. The molecule has 0 aromatic heterocycles. The van der Waals surface area contributed by atoms with Gasteiger partial charge in [-0.3, -0.25) is 14.5 Å². The molecule has 2 amide bonds. The first-order valence-electron chi connectivity index (χ1n) is 11.5. The molecule has 3 spiro atoms. The van der Waals surface area contributed by atoms with Crippen molar-refractivity contribution in [1.29, 1.82) is 0 Å². The molecule has 0 radical (unpaired) electrons. The molecule has 4 aliphatic carbocycles. The third-order valence-corrected chi connectivity index (χ3v) is 9.94. The van der Waals surface area contributed by atoms with Crippen molar-refractivity contribution in [3.63, 3.8) is 0 Å². The highest BCUT2D eigenvalue weighted by Crippen LogP contribution is 2.82. The van der Waals surface area contributed by atoms with E-state index in [1.807, 2.05) is 11.0 Å². The number of piperidine rings is 1. The lowest BCUT2D eigenvalue weighted by molar-refractivity contribution is -0.196. The van der Waals surface area contributed by atoms with E-state index in [2.05, 4.69) is 0 Å². The largest absolute Gasteiger partial charge is 0.493 e. The lowest BCUT2D eigenvalue weighted by atomic mass is 9.40. The van der Waals surface area contributed by atoms with Gasteiger partial charge in [0.15, 0.2) is 17.3 Å². The standard InChI is InChI=1S/C24H26N2O7/c1-31-13-6-5-12-15(16(13)32-2)26(20(29)33-3)23-9-8-21-7-4-10-25-18(28)14(24(12,23)19(21)25)17(27)22(23,30)11-21/h5-6,14,19,30H,4,7-11H2,1-3H3. The van der Waals surface area contributed by atoms with E-state index in [1.54, 1.807) is 6.07 Å². The van der Waals surface area contributed by atoms with Crippen molar-refractivity contribution in [2.24, 2.45) is 11.3 Å². The molecular weight excluding hydrogens is 428 g/mol. The number of nitrogens with zero attached hydrogens (tertiary/aromatic N) is 2. The third kappa shape index (κ3) is 1.54. The topological polar surface area (TPSA) is 106 Å². The molecule has 1 aromatic rings. The molecule has 6 unspecified atom stereocenters. The quantitative estimate of drug-likeness (QED) is 0.673. The molecule has 174 valence electrons. The Morgan fingerprint density at radius 3 is 2.61 bits per heavy atom. The van der Waals surface area contributed by atoms with E-state index in [-0.39, 0.29) is 23.8 Å². The van der Waals surface area contributed by atoms with Gasteiger partial charge < -0.3 is 24.2 Å². The summed E-state index contributed by atoms with van der Waals surface area (Å²) in [5.74, 6) is -0.925. The van der Waals surface area contributed by atoms with Crippen LogP contribution in [0.1, 0.15) is 37.7 Å². The third-order valence-electron chi connectivity index (χ3n) is 9.94. The van der Waals surface area contributed by atoms with E-state index in [0.29, 0.717) is 35.7 Å². The van der Waals surface area contributed by atoms with Crippen LogP contribution in [-0.2, 0) is 19.7 Å². The highest BCUT2D eigenvalue weighted by atomic mass is 16.5. The van der Waals surface area contributed by atoms with Crippen molar-refractivity contribution in [2.45, 2.75) is 54.7 Å². The molecule has 8 rings (SSSR count). The van der Waals surface area contributed by atoms with Crippen LogP contribution >= 0.6 is 0 Å². The average Bonchev–Trinajstić information content (AvgIpc) is 3.30. The summed E-state index contributed by atoms with van der Waals surface area (Å²) >= 11 is 0. The molecule has 1 aromatic carbocycles. The molecule has 2 saturated heterocycles. The van der Waals surface area contributed by atoms with E-state index in [1.165, 1.54) is 26.2 Å². The first-order valence-corrected chi connectivity index (χ1v) is 11.5. The summed E-state index contributed by atoms with van der Waals surface area (Å²) in [4.78, 5) is 44.7. The van der Waals surface area contributed by atoms with Crippen LogP contribution in [0.4, 0.5) is 10.5 Å². The number of carbonyl (C=O) groups is 3. The number of hydrogen-bond donors (Lipinski definition) is 1. The number of Topliss-reactive ketones (excluding diaryl/α,β-unsaturated/α-hetero) is 1. The lowest BCUT2D eigenvalue weighted by Crippen LogP contribution is -2.82. The van der Waals surface area contributed by atoms with Crippen molar-refractivity contribution >= 4 is 23.5 Å². The Bertz CT molecular complexity index is 1180. The molecule has 33 heavy (non-hydrogen) atoms. The lowest BCUT2D eigenvalue weighted by Gasteiger charge is -2.69. The zero-order valence-corrected chi connectivity index (χ0v) is 18.8. The van der Waals surface area contributed by atoms with Crippen LogP contribution < -0.4 is 14.4 Å². The second-order valence-corrected chi connectivity index (χ2v) is 10.5. The number of methoxy groups -OCH3 is 3. The first kappa shape index (κ1) is 19.6. The zero-order valence-electron chi connectivity index (χ0n) is 18.8. The van der Waals surface area contributed by atoms with Gasteiger partial charge in [-0.1, -0.05) is 6.07 Å². The van der Waals surface area contributed by atoms with Crippen LogP contribution in [0.15, 0.2) is 12.1 Å². The van der Waals surface area contributed by atoms with E-state index < -0.39 is 34.3 Å². The second kappa shape index (κ2) is 5.46. The van der Waals surface area contributed by atoms with E-state index in [0.717, 1.165) is 19.3 Å². The zero-order chi connectivity index (χ0) is 23.1. The number of anilines is 1. The molecule has 3 heterocycles. The number of rotatable bonds is 2. The van der Waals surface area contributed by atoms with Crippen LogP contribution in [0.5, 0.6) is 11.5 Å². The Hall–Kier alpha value is -2.81. The number of ketones is 1. The minimum Gasteiger partial charge on any atom is -0.493 e. The van der Waals surface area contributed by atoms with Gasteiger partial charge in [0.1, 0.15) is 17.1 Å². The van der Waals surface area contributed by atoms with Crippen LogP contribution in [0.25, 0.3) is 0 Å². The molecule has 6 atom stereocenters. The van der Waals surface area contributed by atoms with Crippen LogP contribution in [0.3, 0.4) is 0 Å². The summed E-state index contributed by atoms with van der Waals surface area (Å²) < 4.78 is 16.5. The van der Waals surface area contributed by atoms with Crippen molar-refractivity contribution in [2.75, 3.05) is 32.8 Å². The van der Waals surface area contributed by atoms with Gasteiger partial charge in [0, 0.05) is 6.54 Å². The maximum atomic E-state index is 14.0. The number of ether oxygens (including phenoxy) is 3. The van der Waals surface area contributed by atoms with Crippen LogP contribution in [0, 0.1) is 11.3 Å². The number of amides is 2. The van der Waals surface area contributed by atoms with Gasteiger partial charge in [-0.2, -0.15) is 0 Å². The monoisotopic (exact) mass is 454 g/mol. The number of benzene rings is 1. The van der Waals surface area contributed by atoms with Gasteiger partial charge in [-0.25, -0.2) is 4.79 Å². The van der Waals surface area contributed by atoms with Gasteiger partial charge in [0.25, 0.3) is 0 Å². The molecular formula is C24H26N2O7. The highest BCUT2D eigenvalue weighted by molar-refractivity contribution is 6.18. The SMILES string of the molecule is COC(=O)N1c2c(ccc(OC)c2OC)C23C4C(=O)N5CCCC6(CCC12C(O)(C6)C4=O)C53. The maximum Gasteiger partial charge on any atom is 0.414 e. The fourth-order valence-electron chi connectivity index (χ4n) is 9.38. The first-order chi connectivity index (χ1) is 15.8. The van der Waals surface area contributed by atoms with Gasteiger partial charge >= 0.3 is 6.09 Å². The van der Waals surface area contributed by atoms with Crippen molar-refractivity contribution in [1.82, 2.24) is 4.90 Å². The van der Waals surface area contributed by atoms with Gasteiger partial charge in [0.05, 0.1) is 38.5 Å². The number of fused-ring (bicyclic) bond motifs is 2. The van der Waals surface area contributed by atoms with E-state index >= 15 is 0 Å². The van der Waals surface area contributed by atoms with Crippen LogP contribution in [-0.4, -0.2) is 72.8 Å². The summed E-state index contributed by atoms with van der Waals surface area (Å²) in [5, 5.41) is 12.3. The maximum absolute atomic E-state index is 14.0. The summed E-state index contributed by atoms with van der Waals surface area (Å²) in [6, 6.07) is 3.36. The van der Waals surface area contributed by atoms with Crippen molar-refractivity contribution in [3.05, 3.63) is 17.7 Å². The predicted molar refractivity (Wildman–Crippen MR) is 113 cm³/mol. The molecule has 7 aliphatic rings. The van der Waals surface area contributed by atoms with Gasteiger partial charge in [-0.15, -0.1) is 0 Å². The molecule has 4 bridgehead atoms. The molecule has 4 saturated carbocycles. The molecule has 1 N–H and O–H groups in total. The number of carbonyl (C=O) groups excluding carboxylic acids is 3. The summed E-state index contributed by atoms with van der Waals surface area (Å²) in [7, 11) is 4.30. The number of hydrogen-bond acceptors (Lipinski definition) is 7. The van der Waals surface area contributed by atoms with Crippen molar-refractivity contribution < 1.29 is 33.7 Å². The molecule has 9 nitrogen and oxygen atoms in total. The Morgan fingerprint density at radius 2 is 1.91 bits per heavy atom. The summed E-state index contributed by atoms with van der Waals surface area (Å²) in [6.07, 6.45) is 2.42. The van der Waals surface area contributed by atoms with E-state index in [4.69, 9.17) is 14.2 Å². The van der Waals surface area contributed by atoms with Gasteiger partial charge in [-0.05, 0) is 49.1 Å². The molecule has 9 heteroatoms. The average molecular weight is 454 g/mol. The predicted octanol–water partition coefficient (Wildman–Crippen LogP) is 1.39. The minimum atomic E-state index is -1.84. The fraction of sp³-hybridized carbons (Fsp3) is 0.625. The summed E-state index contributed by atoms with van der Waals surface area (Å²) in [6.45, 7) is 0.589. The Balaban J connectivity index is 1.67. The number of aliphatic hydroxyl groups is 1. The normalized spacial score (nSPS) is 43.0. The minimum absolute atomic E-state index is 0.219. The van der Waals surface area contributed by atoms with E-state index in [9.17, 15) is 19.5 Å². The van der Waals surface area contributed by atoms with Gasteiger partial charge in [0.2, 0.25) is 5.91 Å². The Labute approximate surface area is 190 Å². The fourth-order valence-corrected chi connectivity index (χ4v) is 9.38. The Kier molecular flexibility index (Phi) is 3.25. The smallest absolute Gasteiger partial charge is 0.414 e. The van der Waals surface area contributed by atoms with Crippen molar-refractivity contribution in [3.8, 4) is 11.5 Å². The Morgan fingerprint density at radius 1 is 1.12 bits per heavy atom. The highest BCUT2D eigenvalue weighted by Gasteiger charge is 2.95. The molecule has 6 fully saturated rings. The van der Waals surface area contributed by atoms with Crippen LogP contribution in [0.2, 0.25) is 0 Å². The summed E-state index contributed by atoms with van der Waals surface area (Å²) in [5.41, 5.74) is -3.41. The molecule has 3 aliphatic heterocycles.